The van der Waals surface area contributed by atoms with Gasteiger partial charge in [-0.3, -0.25) is 9.69 Å². The van der Waals surface area contributed by atoms with Crippen LogP contribution in [0.4, 0.5) is 24.5 Å². The van der Waals surface area contributed by atoms with Gasteiger partial charge in [-0.15, -0.1) is 11.8 Å². The van der Waals surface area contributed by atoms with Gasteiger partial charge >= 0.3 is 5.51 Å². The van der Waals surface area contributed by atoms with Crippen molar-refractivity contribution in [3.05, 3.63) is 114 Å². The maximum atomic E-state index is 14.2. The number of sulfone groups is 1. The van der Waals surface area contributed by atoms with Gasteiger partial charge in [-0.2, -0.15) is 13.2 Å². The van der Waals surface area contributed by atoms with Gasteiger partial charge in [0.25, 0.3) is 25.8 Å². The number of likely N-dealkylation sites (tertiary alicyclic amines) is 1. The summed E-state index contributed by atoms with van der Waals surface area (Å²) in [6.45, 7) is 6.75. The zero-order valence-electron chi connectivity index (χ0n) is 35.6. The van der Waals surface area contributed by atoms with Crippen LogP contribution >= 0.6 is 11.8 Å². The number of nitrogens with one attached hydrogen (secondary N) is 3. The summed E-state index contributed by atoms with van der Waals surface area (Å²) in [6, 6.07) is 28.1. The van der Waals surface area contributed by atoms with Crippen molar-refractivity contribution in [2.45, 2.75) is 89.2 Å². The van der Waals surface area contributed by atoms with Crippen LogP contribution in [-0.2, 0) is 19.9 Å². The molecule has 11 nitrogen and oxygen atoms in total. The molecule has 64 heavy (non-hydrogen) atoms. The Balaban J connectivity index is 0.841. The Morgan fingerprint density at radius 3 is 2.22 bits per heavy atom. The van der Waals surface area contributed by atoms with E-state index in [2.05, 4.69) is 49.6 Å². The van der Waals surface area contributed by atoms with Gasteiger partial charge in [-0.1, -0.05) is 42.5 Å². The molecule has 0 bridgehead atoms. The number of carbonyl (C=O) groups is 1. The number of carbonyl (C=O) groups excluding carboxylic acids is 1. The number of benzene rings is 4. The first-order valence-electron chi connectivity index (χ1n) is 22.3. The van der Waals surface area contributed by atoms with E-state index in [9.17, 15) is 34.8 Å². The van der Waals surface area contributed by atoms with E-state index in [0.29, 0.717) is 36.9 Å². The third-order valence-electron chi connectivity index (χ3n) is 13.7. The molecule has 9 rings (SSSR count). The molecule has 3 N–H and O–H groups in total. The van der Waals surface area contributed by atoms with Crippen molar-refractivity contribution in [1.82, 2.24) is 19.8 Å². The minimum Gasteiger partial charge on any atom is -0.380 e. The van der Waals surface area contributed by atoms with Crippen LogP contribution in [0.5, 0.6) is 0 Å². The summed E-state index contributed by atoms with van der Waals surface area (Å²) in [5.74, 6) is 0.122. The van der Waals surface area contributed by atoms with Crippen molar-refractivity contribution >= 4 is 48.9 Å². The Hall–Kier alpha value is -4.13. The Morgan fingerprint density at radius 1 is 0.844 bits per heavy atom. The molecule has 17 heteroatoms. The lowest BCUT2D eigenvalue weighted by molar-refractivity contribution is -0.0436. The summed E-state index contributed by atoms with van der Waals surface area (Å²) >= 11 is 1.47. The Morgan fingerprint density at radius 2 is 1.53 bits per heavy atom. The van der Waals surface area contributed by atoms with Crippen LogP contribution in [0.2, 0.25) is 0 Å². The highest BCUT2D eigenvalue weighted by Crippen LogP contribution is 2.55. The number of anilines is 2. The van der Waals surface area contributed by atoms with Crippen molar-refractivity contribution in [2.24, 2.45) is 5.41 Å². The average molecular weight is 937 g/mol. The molecule has 3 saturated heterocycles. The molecule has 4 aromatic rings. The smallest absolute Gasteiger partial charge is 0.380 e. The van der Waals surface area contributed by atoms with Crippen LogP contribution in [0.1, 0.15) is 78.4 Å². The topological polar surface area (TPSA) is 131 Å². The molecule has 342 valence electrons. The zero-order valence-corrected chi connectivity index (χ0v) is 38.1. The number of hydrogen-bond acceptors (Lipinski definition) is 11. The number of amides is 1. The van der Waals surface area contributed by atoms with E-state index in [1.54, 1.807) is 17.7 Å². The molecular weight excluding hydrogens is 882 g/mol. The lowest BCUT2D eigenvalue weighted by Gasteiger charge is -2.62. The molecule has 4 aromatic carbocycles. The molecule has 0 radical (unpaired) electrons. The van der Waals surface area contributed by atoms with Gasteiger partial charge in [-0.25, -0.2) is 21.6 Å². The van der Waals surface area contributed by atoms with Gasteiger partial charge in [0.05, 0.1) is 10.6 Å². The van der Waals surface area contributed by atoms with Crippen LogP contribution in [0.3, 0.4) is 0 Å². The van der Waals surface area contributed by atoms with Crippen LogP contribution in [0.15, 0.2) is 112 Å². The molecular formula is C47H55F3N6O5S3. The first kappa shape index (κ1) is 45.0. The summed E-state index contributed by atoms with van der Waals surface area (Å²) in [7, 11) is -10.8. The van der Waals surface area contributed by atoms with Crippen LogP contribution in [0, 0.1) is 5.41 Å². The maximum absolute atomic E-state index is 14.2. The van der Waals surface area contributed by atoms with Crippen molar-refractivity contribution in [1.29, 1.82) is 0 Å². The Kier molecular flexibility index (Phi) is 12.9. The molecule has 1 amide bonds. The molecule has 2 atom stereocenters. The number of rotatable bonds is 16. The number of halogens is 3. The third-order valence-corrected chi connectivity index (χ3v) is 17.7. The van der Waals surface area contributed by atoms with E-state index in [4.69, 9.17) is 0 Å². The van der Waals surface area contributed by atoms with E-state index < -0.39 is 47.1 Å². The molecule has 1 spiro atoms. The van der Waals surface area contributed by atoms with Crippen molar-refractivity contribution in [2.75, 3.05) is 68.3 Å². The van der Waals surface area contributed by atoms with E-state index in [1.165, 1.54) is 55.1 Å². The number of alkyl halides is 3. The Bertz CT molecular complexity index is 2520. The lowest BCUT2D eigenvalue weighted by Crippen LogP contribution is -2.66. The minimum absolute atomic E-state index is 0.0301. The summed E-state index contributed by atoms with van der Waals surface area (Å²) in [5, 5.41) is 6.30. The SMILES string of the molecule is O=C(NS(=O)(=O)c1ccc(NC(CCN2CCNCC2)CSc2ccccc2)c(S(=O)(=O)C(F)(F)F)c1)c1ccc(N2CC3(CC(N4CCCC4c4ccccc4C4CC4)C3)C2)cc1. The van der Waals surface area contributed by atoms with Crippen molar-refractivity contribution in [3.63, 3.8) is 0 Å². The first-order valence-corrected chi connectivity index (χ1v) is 26.2. The van der Waals surface area contributed by atoms with E-state index in [-0.39, 0.29) is 16.7 Å². The number of nitrogens with zero attached hydrogens (tertiary/aromatic N) is 3. The van der Waals surface area contributed by atoms with Gasteiger partial charge < -0.3 is 20.4 Å². The van der Waals surface area contributed by atoms with Gasteiger partial charge in [-0.05, 0) is 123 Å². The van der Waals surface area contributed by atoms with Crippen LogP contribution in [-0.4, -0.2) is 108 Å². The summed E-state index contributed by atoms with van der Waals surface area (Å²) in [6.07, 6.45) is 7.80. The molecule has 2 aliphatic carbocycles. The van der Waals surface area contributed by atoms with E-state index >= 15 is 0 Å². The average Bonchev–Trinajstić information content (AvgIpc) is 4.00. The number of piperazine rings is 1. The summed E-state index contributed by atoms with van der Waals surface area (Å²) in [4.78, 5) is 19.5. The quantitative estimate of drug-likeness (QED) is 0.0959. The second-order valence-corrected chi connectivity index (χ2v) is 22.8. The minimum atomic E-state index is -6.03. The monoisotopic (exact) mass is 936 g/mol. The fourth-order valence-electron chi connectivity index (χ4n) is 10.1. The number of sulfonamides is 1. The molecule has 3 heterocycles. The number of hydrogen-bond donors (Lipinski definition) is 3. The largest absolute Gasteiger partial charge is 0.501 e. The maximum Gasteiger partial charge on any atom is 0.501 e. The predicted molar refractivity (Wildman–Crippen MR) is 244 cm³/mol. The Labute approximate surface area is 378 Å². The lowest BCUT2D eigenvalue weighted by atomic mass is 9.60. The van der Waals surface area contributed by atoms with Crippen molar-refractivity contribution < 1.29 is 34.8 Å². The molecule has 0 aromatic heterocycles. The fraction of sp³-hybridized carbons (Fsp3) is 0.468. The molecule has 2 saturated carbocycles. The highest BCUT2D eigenvalue weighted by atomic mass is 32.2. The standard InChI is InChI=1S/C47H55F3N6O5S3/c48-47(49,50)63(58,59)44-27-39(18-19-42(44)52-35(20-24-54-25-21-51-22-26-54)30-62-38-7-2-1-3-8-38)64(60,61)53-45(57)34-14-16-36(17-15-34)55-31-46(32-55)28-37(29-46)56-23-6-11-43(56)41-10-5-4-9-40(41)33-12-13-33/h1-5,7-10,14-19,27,33,35,37,43,51-52H,6,11-13,20-26,28-32H2,(H,53,57). The highest BCUT2D eigenvalue weighted by Gasteiger charge is 2.55. The zero-order chi connectivity index (χ0) is 44.7. The van der Waals surface area contributed by atoms with Gasteiger partial charge in [0, 0.05) is 91.3 Å². The summed E-state index contributed by atoms with van der Waals surface area (Å²) in [5.41, 5.74) is -1.84. The third kappa shape index (κ3) is 9.71. The number of thioether (sulfide) groups is 1. The predicted octanol–water partition coefficient (Wildman–Crippen LogP) is 7.65. The molecule has 5 fully saturated rings. The second-order valence-electron chi connectivity index (χ2n) is 18.2. The molecule has 3 aliphatic heterocycles. The van der Waals surface area contributed by atoms with Gasteiger partial charge in [0.15, 0.2) is 0 Å². The van der Waals surface area contributed by atoms with Gasteiger partial charge in [0.1, 0.15) is 4.90 Å². The van der Waals surface area contributed by atoms with E-state index in [0.717, 1.165) is 87.3 Å². The fourth-order valence-corrected chi connectivity index (χ4v) is 13.1. The molecule has 5 aliphatic rings. The first-order chi connectivity index (χ1) is 30.7. The van der Waals surface area contributed by atoms with Crippen LogP contribution in [0.25, 0.3) is 0 Å². The van der Waals surface area contributed by atoms with Gasteiger partial charge in [0.2, 0.25) is 0 Å². The normalized spacial score (nSPS) is 21.3. The van der Waals surface area contributed by atoms with E-state index in [1.807, 2.05) is 35.1 Å². The van der Waals surface area contributed by atoms with Crippen LogP contribution < -0.4 is 20.3 Å². The van der Waals surface area contributed by atoms with Crippen molar-refractivity contribution in [3.8, 4) is 0 Å². The highest BCUT2D eigenvalue weighted by molar-refractivity contribution is 7.99. The summed E-state index contributed by atoms with van der Waals surface area (Å²) < 4.78 is 97.7. The molecule has 2 unspecified atom stereocenters. The second kappa shape index (κ2) is 18.3.